The smallest absolute Gasteiger partial charge is 0.228 e. The molecular weight excluding hydrogens is 336 g/mol. The lowest BCUT2D eigenvalue weighted by molar-refractivity contribution is -0.119. The van der Waals surface area contributed by atoms with Gasteiger partial charge in [-0.15, -0.1) is 0 Å². The van der Waals surface area contributed by atoms with Gasteiger partial charge in [-0.25, -0.2) is 8.42 Å². The summed E-state index contributed by atoms with van der Waals surface area (Å²) in [6, 6.07) is 3.88. The van der Waals surface area contributed by atoms with Gasteiger partial charge in [-0.2, -0.15) is 0 Å². The van der Waals surface area contributed by atoms with Gasteiger partial charge in [0.15, 0.2) is 9.84 Å². The number of hydrogen-bond donors (Lipinski definition) is 0. The van der Waals surface area contributed by atoms with Gasteiger partial charge in [0.25, 0.3) is 0 Å². The van der Waals surface area contributed by atoms with Crippen LogP contribution in [0.2, 0.25) is 0 Å². The Bertz CT molecular complexity index is 782. The van der Waals surface area contributed by atoms with Crippen molar-refractivity contribution in [3.8, 4) is 0 Å². The van der Waals surface area contributed by atoms with Crippen molar-refractivity contribution >= 4 is 21.4 Å². The molecule has 25 heavy (non-hydrogen) atoms. The normalized spacial score (nSPS) is 22.5. The van der Waals surface area contributed by atoms with E-state index < -0.39 is 9.84 Å². The number of hydrogen-bond acceptors (Lipinski definition) is 4. The molecule has 3 aliphatic heterocycles. The molecule has 0 N–H and O–H groups in total. The van der Waals surface area contributed by atoms with Gasteiger partial charge >= 0.3 is 0 Å². The van der Waals surface area contributed by atoms with Crippen molar-refractivity contribution in [1.82, 2.24) is 4.90 Å². The first-order valence-corrected chi connectivity index (χ1v) is 11.1. The molecule has 0 unspecified atom stereocenters. The minimum Gasteiger partial charge on any atom is -0.312 e. The highest BCUT2D eigenvalue weighted by atomic mass is 32.2. The third kappa shape index (κ3) is 3.22. The summed E-state index contributed by atoms with van der Waals surface area (Å²) >= 11 is 0. The maximum absolute atomic E-state index is 12.8. The summed E-state index contributed by atoms with van der Waals surface area (Å²) < 4.78 is 24.8. The molecule has 1 aromatic rings. The third-order valence-electron chi connectivity index (χ3n) is 5.76. The van der Waals surface area contributed by atoms with Crippen LogP contribution in [0.3, 0.4) is 0 Å². The number of amides is 1. The predicted octanol–water partition coefficient (Wildman–Crippen LogP) is 2.17. The van der Waals surface area contributed by atoms with Crippen LogP contribution in [0.5, 0.6) is 0 Å². The second-order valence-corrected chi connectivity index (χ2v) is 9.47. The fourth-order valence-electron chi connectivity index (χ4n) is 4.46. The van der Waals surface area contributed by atoms with E-state index in [0.29, 0.717) is 24.3 Å². The van der Waals surface area contributed by atoms with Crippen molar-refractivity contribution in [2.45, 2.75) is 49.8 Å². The van der Waals surface area contributed by atoms with Crippen LogP contribution in [-0.4, -0.2) is 51.2 Å². The summed E-state index contributed by atoms with van der Waals surface area (Å²) in [5.74, 6) is 0.337. The first-order chi connectivity index (χ1) is 12.1. The lowest BCUT2D eigenvalue weighted by atomic mass is 9.98. The summed E-state index contributed by atoms with van der Waals surface area (Å²) in [6.45, 7) is 3.70. The molecule has 1 aromatic carbocycles. The monoisotopic (exact) mass is 362 g/mol. The van der Waals surface area contributed by atoms with Crippen molar-refractivity contribution in [1.29, 1.82) is 0 Å². The van der Waals surface area contributed by atoms with E-state index in [9.17, 15) is 13.2 Å². The molecule has 5 nitrogen and oxygen atoms in total. The number of sulfone groups is 1. The van der Waals surface area contributed by atoms with Crippen LogP contribution >= 0.6 is 0 Å². The molecule has 0 bridgehead atoms. The Balaban J connectivity index is 1.55. The van der Waals surface area contributed by atoms with Crippen molar-refractivity contribution in [2.24, 2.45) is 0 Å². The van der Waals surface area contributed by atoms with Gasteiger partial charge < -0.3 is 9.80 Å². The number of fused-ring (bicyclic) bond motifs is 3. The average Bonchev–Trinajstić information content (AvgIpc) is 2.95. The highest BCUT2D eigenvalue weighted by molar-refractivity contribution is 7.91. The molecule has 0 atom stereocenters. The van der Waals surface area contributed by atoms with E-state index in [1.807, 2.05) is 17.0 Å². The maximum Gasteiger partial charge on any atom is 0.228 e. The van der Waals surface area contributed by atoms with Crippen molar-refractivity contribution in [3.63, 3.8) is 0 Å². The number of carbonyl (C=O) groups is 1. The van der Waals surface area contributed by atoms with E-state index in [0.717, 1.165) is 49.3 Å². The minimum atomic E-state index is -3.17. The topological polar surface area (TPSA) is 57.7 Å². The maximum atomic E-state index is 12.8. The fourth-order valence-corrected chi connectivity index (χ4v) is 6.30. The number of benzene rings is 1. The van der Waals surface area contributed by atoms with Gasteiger partial charge in [-0.3, -0.25) is 4.79 Å². The van der Waals surface area contributed by atoms with Crippen molar-refractivity contribution in [3.05, 3.63) is 23.3 Å². The lowest BCUT2D eigenvalue weighted by Gasteiger charge is -2.32. The van der Waals surface area contributed by atoms with E-state index in [2.05, 4.69) is 4.90 Å². The molecule has 1 amide bonds. The first kappa shape index (κ1) is 17.0. The predicted molar refractivity (Wildman–Crippen MR) is 97.8 cm³/mol. The number of likely N-dealkylation sites (tertiary alicyclic amines) is 1. The molecular formula is C19H26N2O3S. The van der Waals surface area contributed by atoms with Crippen LogP contribution in [0.1, 0.15) is 43.2 Å². The fraction of sp³-hybridized carbons (Fsp3) is 0.632. The summed E-state index contributed by atoms with van der Waals surface area (Å²) in [6.07, 6.45) is 6.47. The number of rotatable bonds is 3. The largest absolute Gasteiger partial charge is 0.312 e. The number of nitrogens with zero attached hydrogens (tertiary/aromatic N) is 2. The summed E-state index contributed by atoms with van der Waals surface area (Å²) in [4.78, 5) is 17.5. The highest BCUT2D eigenvalue weighted by Gasteiger charge is 2.34. The van der Waals surface area contributed by atoms with E-state index in [-0.39, 0.29) is 11.7 Å². The van der Waals surface area contributed by atoms with Crippen LogP contribution < -0.4 is 4.90 Å². The van der Waals surface area contributed by atoms with E-state index in [4.69, 9.17) is 0 Å². The number of piperidine rings is 1. The number of aryl methyl sites for hydroxylation is 1. The van der Waals surface area contributed by atoms with Crippen LogP contribution in [0.4, 0.5) is 5.69 Å². The van der Waals surface area contributed by atoms with Gasteiger partial charge in [0.05, 0.1) is 10.6 Å². The highest BCUT2D eigenvalue weighted by Crippen LogP contribution is 2.38. The molecule has 4 rings (SSSR count). The Morgan fingerprint density at radius 3 is 2.60 bits per heavy atom. The average molecular weight is 362 g/mol. The summed E-state index contributed by atoms with van der Waals surface area (Å²) in [7, 11) is -3.17. The van der Waals surface area contributed by atoms with Crippen LogP contribution in [0.15, 0.2) is 17.0 Å². The van der Waals surface area contributed by atoms with Gasteiger partial charge in [0.2, 0.25) is 5.91 Å². The Labute approximate surface area is 149 Å². The summed E-state index contributed by atoms with van der Waals surface area (Å²) in [5, 5.41) is 0. The second kappa shape index (κ2) is 6.72. The standard InChI is InChI=1S/C19H26N2O3S/c22-18(8-13-20-10-2-1-3-11-20)21-12-4-5-16-17(21)7-6-15-9-14-25(23,24)19(15)16/h6-7H,1-5,8-14H2. The molecule has 0 saturated carbocycles. The van der Waals surface area contributed by atoms with E-state index >= 15 is 0 Å². The Kier molecular flexibility index (Phi) is 4.58. The van der Waals surface area contributed by atoms with Crippen molar-refractivity contribution in [2.75, 3.05) is 36.8 Å². The van der Waals surface area contributed by atoms with Crippen LogP contribution in [-0.2, 0) is 27.5 Å². The Hall–Kier alpha value is -1.40. The minimum absolute atomic E-state index is 0.127. The van der Waals surface area contributed by atoms with Gasteiger partial charge in [-0.05, 0) is 62.4 Å². The van der Waals surface area contributed by atoms with E-state index in [1.165, 1.54) is 19.3 Å². The summed E-state index contributed by atoms with van der Waals surface area (Å²) in [5.41, 5.74) is 2.65. The van der Waals surface area contributed by atoms with Crippen LogP contribution in [0.25, 0.3) is 0 Å². The SMILES string of the molecule is O=C(CCN1CCCCC1)N1CCCc2c1ccc1c2S(=O)(=O)CC1. The van der Waals surface area contributed by atoms with Gasteiger partial charge in [0.1, 0.15) is 0 Å². The Morgan fingerprint density at radius 1 is 1.00 bits per heavy atom. The lowest BCUT2D eigenvalue weighted by Crippen LogP contribution is -2.39. The zero-order valence-corrected chi connectivity index (χ0v) is 15.5. The molecule has 6 heteroatoms. The van der Waals surface area contributed by atoms with Gasteiger partial charge in [0, 0.05) is 25.2 Å². The molecule has 3 aliphatic rings. The molecule has 0 spiro atoms. The molecule has 0 radical (unpaired) electrons. The zero-order valence-electron chi connectivity index (χ0n) is 14.7. The van der Waals surface area contributed by atoms with E-state index in [1.54, 1.807) is 0 Å². The Morgan fingerprint density at radius 2 is 1.80 bits per heavy atom. The van der Waals surface area contributed by atoms with Gasteiger partial charge in [-0.1, -0.05) is 12.5 Å². The molecule has 136 valence electrons. The molecule has 1 fully saturated rings. The number of carbonyl (C=O) groups excluding carboxylic acids is 1. The molecule has 3 heterocycles. The van der Waals surface area contributed by atoms with Crippen molar-refractivity contribution < 1.29 is 13.2 Å². The third-order valence-corrected chi connectivity index (χ3v) is 7.63. The second-order valence-electron chi connectivity index (χ2n) is 7.42. The first-order valence-electron chi connectivity index (χ1n) is 9.46. The number of anilines is 1. The zero-order chi connectivity index (χ0) is 17.4. The van der Waals surface area contributed by atoms with Crippen LogP contribution in [0, 0.1) is 0 Å². The molecule has 0 aliphatic carbocycles. The quantitative estimate of drug-likeness (QED) is 0.827. The molecule has 1 saturated heterocycles. The molecule has 0 aromatic heterocycles.